The van der Waals surface area contributed by atoms with Crippen LogP contribution >= 0.6 is 0 Å². The molecule has 19 heavy (non-hydrogen) atoms. The smallest absolute Gasteiger partial charge is 0.00187 e. The van der Waals surface area contributed by atoms with E-state index in [1.807, 2.05) is 13.8 Å². The van der Waals surface area contributed by atoms with Crippen molar-refractivity contribution in [2.75, 3.05) is 46.3 Å². The van der Waals surface area contributed by atoms with Crippen LogP contribution in [0.25, 0.3) is 0 Å². The maximum atomic E-state index is 5.53. The van der Waals surface area contributed by atoms with Gasteiger partial charge in [-0.05, 0) is 77.9 Å². The SMILES string of the molecule is CC.CCN1CCCCC1.CN1CCC(CN)CC1. The largest absolute Gasteiger partial charge is 0.330 e. The zero-order valence-corrected chi connectivity index (χ0v) is 13.8. The highest BCUT2D eigenvalue weighted by molar-refractivity contribution is 4.69. The average molecular weight is 271 g/mol. The van der Waals surface area contributed by atoms with E-state index in [9.17, 15) is 0 Å². The number of nitrogens with two attached hydrogens (primary N) is 1. The molecule has 3 heteroatoms. The first-order chi connectivity index (χ1) is 9.26. The molecule has 0 radical (unpaired) electrons. The third-order valence-electron chi connectivity index (χ3n) is 4.07. The van der Waals surface area contributed by atoms with Crippen LogP contribution in [0.5, 0.6) is 0 Å². The molecule has 0 unspecified atom stereocenters. The van der Waals surface area contributed by atoms with Gasteiger partial charge in [-0.1, -0.05) is 27.2 Å². The number of rotatable bonds is 2. The summed E-state index contributed by atoms with van der Waals surface area (Å²) in [6, 6.07) is 0. The van der Waals surface area contributed by atoms with Crippen LogP contribution in [0.4, 0.5) is 0 Å². The number of hydrogen-bond acceptors (Lipinski definition) is 3. The van der Waals surface area contributed by atoms with Crippen molar-refractivity contribution < 1.29 is 0 Å². The molecular formula is C16H37N3. The third kappa shape index (κ3) is 9.42. The molecular weight excluding hydrogens is 234 g/mol. The van der Waals surface area contributed by atoms with Crippen molar-refractivity contribution in [2.24, 2.45) is 11.7 Å². The van der Waals surface area contributed by atoms with E-state index in [0.29, 0.717) is 0 Å². The van der Waals surface area contributed by atoms with Gasteiger partial charge >= 0.3 is 0 Å². The topological polar surface area (TPSA) is 32.5 Å². The minimum Gasteiger partial charge on any atom is -0.330 e. The normalized spacial score (nSPS) is 21.9. The second-order valence-electron chi connectivity index (χ2n) is 5.48. The molecule has 0 aromatic heterocycles. The van der Waals surface area contributed by atoms with Gasteiger partial charge < -0.3 is 15.5 Å². The van der Waals surface area contributed by atoms with Crippen molar-refractivity contribution in [3.8, 4) is 0 Å². The van der Waals surface area contributed by atoms with Crippen molar-refractivity contribution in [2.45, 2.75) is 52.9 Å². The summed E-state index contributed by atoms with van der Waals surface area (Å²) < 4.78 is 0. The molecule has 2 fully saturated rings. The molecule has 0 aromatic rings. The molecule has 2 rings (SSSR count). The van der Waals surface area contributed by atoms with E-state index in [1.165, 1.54) is 64.8 Å². The second-order valence-corrected chi connectivity index (χ2v) is 5.48. The molecule has 2 aliphatic heterocycles. The summed E-state index contributed by atoms with van der Waals surface area (Å²) in [5, 5.41) is 0. The zero-order valence-electron chi connectivity index (χ0n) is 13.8. The van der Waals surface area contributed by atoms with Crippen LogP contribution in [0.1, 0.15) is 52.9 Å². The fourth-order valence-corrected chi connectivity index (χ4v) is 2.57. The van der Waals surface area contributed by atoms with Gasteiger partial charge in [0, 0.05) is 0 Å². The minimum absolute atomic E-state index is 0.807. The Morgan fingerprint density at radius 2 is 1.47 bits per heavy atom. The van der Waals surface area contributed by atoms with E-state index >= 15 is 0 Å². The summed E-state index contributed by atoms with van der Waals surface area (Å²) in [5.41, 5.74) is 5.53. The zero-order chi connectivity index (χ0) is 14.5. The van der Waals surface area contributed by atoms with Crippen molar-refractivity contribution in [3.05, 3.63) is 0 Å². The Kier molecular flexibility index (Phi) is 12.8. The first-order valence-electron chi connectivity index (χ1n) is 8.37. The molecule has 0 aliphatic carbocycles. The van der Waals surface area contributed by atoms with Gasteiger partial charge in [-0.25, -0.2) is 0 Å². The van der Waals surface area contributed by atoms with Crippen LogP contribution in [0.2, 0.25) is 0 Å². The number of hydrogen-bond donors (Lipinski definition) is 1. The van der Waals surface area contributed by atoms with Crippen molar-refractivity contribution in [3.63, 3.8) is 0 Å². The van der Waals surface area contributed by atoms with Crippen LogP contribution < -0.4 is 5.73 Å². The Bertz CT molecular complexity index is 171. The number of likely N-dealkylation sites (tertiary alicyclic amines) is 2. The maximum absolute atomic E-state index is 5.53. The van der Waals surface area contributed by atoms with Gasteiger partial charge in [0.1, 0.15) is 0 Å². The summed E-state index contributed by atoms with van der Waals surface area (Å²) in [6.07, 6.45) is 6.90. The first kappa shape index (κ1) is 18.9. The van der Waals surface area contributed by atoms with Gasteiger partial charge in [0.05, 0.1) is 0 Å². The predicted molar refractivity (Wildman–Crippen MR) is 86.6 cm³/mol. The molecule has 116 valence electrons. The predicted octanol–water partition coefficient (Wildman–Crippen LogP) is 2.81. The maximum Gasteiger partial charge on any atom is -0.00187 e. The Balaban J connectivity index is 0.000000303. The Morgan fingerprint density at radius 1 is 0.947 bits per heavy atom. The van der Waals surface area contributed by atoms with Crippen molar-refractivity contribution in [1.29, 1.82) is 0 Å². The molecule has 2 heterocycles. The molecule has 2 aliphatic rings. The van der Waals surface area contributed by atoms with Gasteiger partial charge in [-0.3, -0.25) is 0 Å². The van der Waals surface area contributed by atoms with Gasteiger partial charge in [0.25, 0.3) is 0 Å². The fraction of sp³-hybridized carbons (Fsp3) is 1.00. The summed E-state index contributed by atoms with van der Waals surface area (Å²) in [5.74, 6) is 0.807. The lowest BCUT2D eigenvalue weighted by molar-refractivity contribution is 0.223. The first-order valence-corrected chi connectivity index (χ1v) is 8.37. The highest BCUT2D eigenvalue weighted by Gasteiger charge is 2.13. The standard InChI is InChI=1S/C7H16N2.C7H15N.C2H6/c1-9-4-2-7(6-8)3-5-9;1-2-8-6-4-3-5-7-8;1-2/h7H,2-6,8H2,1H3;2-7H2,1H3;1-2H3. The lowest BCUT2D eigenvalue weighted by atomic mass is 9.98. The van der Waals surface area contributed by atoms with E-state index in [-0.39, 0.29) is 0 Å². The van der Waals surface area contributed by atoms with Gasteiger partial charge in [0.15, 0.2) is 0 Å². The monoisotopic (exact) mass is 271 g/mol. The van der Waals surface area contributed by atoms with E-state index < -0.39 is 0 Å². The van der Waals surface area contributed by atoms with Crippen molar-refractivity contribution in [1.82, 2.24) is 9.80 Å². The van der Waals surface area contributed by atoms with Crippen LogP contribution in [-0.2, 0) is 0 Å². The Labute approximate surface area is 121 Å². The van der Waals surface area contributed by atoms with Crippen LogP contribution in [0, 0.1) is 5.92 Å². The van der Waals surface area contributed by atoms with E-state index in [0.717, 1.165) is 12.5 Å². The van der Waals surface area contributed by atoms with E-state index in [1.54, 1.807) is 0 Å². The fourth-order valence-electron chi connectivity index (χ4n) is 2.57. The molecule has 2 N–H and O–H groups in total. The van der Waals surface area contributed by atoms with Gasteiger partial charge in [0.2, 0.25) is 0 Å². The van der Waals surface area contributed by atoms with Crippen molar-refractivity contribution >= 4 is 0 Å². The summed E-state index contributed by atoms with van der Waals surface area (Å²) in [6.45, 7) is 13.5. The number of piperidine rings is 2. The summed E-state index contributed by atoms with van der Waals surface area (Å²) >= 11 is 0. The van der Waals surface area contributed by atoms with E-state index in [2.05, 4.69) is 23.8 Å². The van der Waals surface area contributed by atoms with Crippen LogP contribution in [-0.4, -0.2) is 56.1 Å². The molecule has 0 saturated carbocycles. The second kappa shape index (κ2) is 12.9. The summed E-state index contributed by atoms with van der Waals surface area (Å²) in [4.78, 5) is 4.88. The van der Waals surface area contributed by atoms with Crippen LogP contribution in [0.3, 0.4) is 0 Å². The highest BCUT2D eigenvalue weighted by Crippen LogP contribution is 2.13. The summed E-state index contributed by atoms with van der Waals surface area (Å²) in [7, 11) is 2.17. The van der Waals surface area contributed by atoms with Gasteiger partial charge in [-0.2, -0.15) is 0 Å². The molecule has 0 amide bonds. The Morgan fingerprint density at radius 3 is 1.84 bits per heavy atom. The van der Waals surface area contributed by atoms with Crippen LogP contribution in [0.15, 0.2) is 0 Å². The molecule has 3 nitrogen and oxygen atoms in total. The lowest BCUT2D eigenvalue weighted by Crippen LogP contribution is -2.33. The lowest BCUT2D eigenvalue weighted by Gasteiger charge is -2.27. The minimum atomic E-state index is 0.807. The van der Waals surface area contributed by atoms with Gasteiger partial charge in [-0.15, -0.1) is 0 Å². The molecule has 0 atom stereocenters. The third-order valence-corrected chi connectivity index (χ3v) is 4.07. The number of nitrogens with zero attached hydrogens (tertiary/aromatic N) is 2. The molecule has 0 bridgehead atoms. The molecule has 0 spiro atoms. The Hall–Kier alpha value is -0.120. The highest BCUT2D eigenvalue weighted by atomic mass is 15.1. The molecule has 0 aromatic carbocycles. The molecule has 2 saturated heterocycles. The quantitative estimate of drug-likeness (QED) is 0.838. The van der Waals surface area contributed by atoms with E-state index in [4.69, 9.17) is 5.73 Å². The average Bonchev–Trinajstić information content (AvgIpc) is 2.51.